The summed E-state index contributed by atoms with van der Waals surface area (Å²) in [6, 6.07) is 6.89. The molecule has 0 spiro atoms. The number of piperidine rings is 1. The molecule has 1 fully saturated rings. The maximum Gasteiger partial charge on any atom is 0.234 e. The number of carbonyl (C=O) groups excluding carboxylic acids is 1. The minimum atomic E-state index is -0.285. The highest BCUT2D eigenvalue weighted by molar-refractivity contribution is 5.78. The van der Waals surface area contributed by atoms with Gasteiger partial charge in [-0.2, -0.15) is 0 Å². The van der Waals surface area contributed by atoms with Crippen molar-refractivity contribution < 1.29 is 9.18 Å². The van der Waals surface area contributed by atoms with E-state index in [0.29, 0.717) is 30.6 Å². The van der Waals surface area contributed by atoms with Gasteiger partial charge in [0.05, 0.1) is 6.54 Å². The zero-order chi connectivity index (χ0) is 15.2. The number of nitrogens with two attached hydrogens (primary N) is 1. The Morgan fingerprint density at radius 2 is 2.19 bits per heavy atom. The largest absolute Gasteiger partial charge is 0.351 e. The molecule has 1 aliphatic heterocycles. The molecular weight excluding hydrogens is 269 g/mol. The molecule has 2 rings (SSSR count). The molecule has 0 saturated carbocycles. The molecule has 1 saturated heterocycles. The number of rotatable bonds is 5. The molecule has 0 bridgehead atoms. The van der Waals surface area contributed by atoms with Crippen LogP contribution >= 0.6 is 0 Å². The monoisotopic (exact) mass is 293 g/mol. The van der Waals surface area contributed by atoms with Crippen molar-refractivity contribution in [3.8, 4) is 0 Å². The Kier molecular flexibility index (Phi) is 5.70. The molecule has 0 radical (unpaired) electrons. The molecule has 2 atom stereocenters. The molecule has 116 valence electrons. The van der Waals surface area contributed by atoms with Crippen LogP contribution in [0.25, 0.3) is 0 Å². The van der Waals surface area contributed by atoms with E-state index in [2.05, 4.69) is 17.1 Å². The van der Waals surface area contributed by atoms with E-state index in [4.69, 9.17) is 5.73 Å². The lowest BCUT2D eigenvalue weighted by atomic mass is 9.93. The first kappa shape index (κ1) is 15.9. The van der Waals surface area contributed by atoms with E-state index in [1.807, 2.05) is 0 Å². The highest BCUT2D eigenvalue weighted by atomic mass is 19.1. The van der Waals surface area contributed by atoms with Gasteiger partial charge in [-0.25, -0.2) is 4.39 Å². The summed E-state index contributed by atoms with van der Waals surface area (Å²) in [6.07, 6.45) is 2.20. The first-order valence-corrected chi connectivity index (χ1v) is 7.54. The van der Waals surface area contributed by atoms with Crippen molar-refractivity contribution in [2.75, 3.05) is 19.6 Å². The second-order valence-electron chi connectivity index (χ2n) is 5.83. The summed E-state index contributed by atoms with van der Waals surface area (Å²) in [5.41, 5.74) is 6.24. The number of benzene rings is 1. The molecule has 2 unspecified atom stereocenters. The van der Waals surface area contributed by atoms with E-state index in [1.54, 1.807) is 18.2 Å². The summed E-state index contributed by atoms with van der Waals surface area (Å²) in [5.74, 6) is 0.121. The lowest BCUT2D eigenvalue weighted by Gasteiger charge is -2.37. The van der Waals surface area contributed by atoms with Crippen LogP contribution in [0, 0.1) is 11.7 Å². The standard InChI is InChI=1S/C16H24FN3O/c1-12-6-7-13(8-18)10-20(12)11-16(21)19-9-14-4-2-3-5-15(14)17/h2-5,12-13H,6-11,18H2,1H3,(H,19,21). The molecular formula is C16H24FN3O. The summed E-state index contributed by atoms with van der Waals surface area (Å²) >= 11 is 0. The molecule has 3 N–H and O–H groups in total. The molecule has 21 heavy (non-hydrogen) atoms. The highest BCUT2D eigenvalue weighted by Gasteiger charge is 2.25. The van der Waals surface area contributed by atoms with Crippen LogP contribution < -0.4 is 11.1 Å². The van der Waals surface area contributed by atoms with Gasteiger partial charge in [0.25, 0.3) is 0 Å². The van der Waals surface area contributed by atoms with Crippen molar-refractivity contribution in [1.82, 2.24) is 10.2 Å². The lowest BCUT2D eigenvalue weighted by molar-refractivity contribution is -0.123. The van der Waals surface area contributed by atoms with Crippen LogP contribution in [0.2, 0.25) is 0 Å². The number of nitrogens with one attached hydrogen (secondary N) is 1. The molecule has 0 aliphatic carbocycles. The topological polar surface area (TPSA) is 58.4 Å². The van der Waals surface area contributed by atoms with Gasteiger partial charge in [-0.05, 0) is 38.3 Å². The number of hydrogen-bond acceptors (Lipinski definition) is 3. The first-order chi connectivity index (χ1) is 10.1. The average molecular weight is 293 g/mol. The zero-order valence-corrected chi connectivity index (χ0v) is 12.5. The van der Waals surface area contributed by atoms with E-state index in [0.717, 1.165) is 19.4 Å². The third-order valence-electron chi connectivity index (χ3n) is 4.22. The fourth-order valence-corrected chi connectivity index (χ4v) is 2.75. The van der Waals surface area contributed by atoms with Gasteiger partial charge < -0.3 is 11.1 Å². The first-order valence-electron chi connectivity index (χ1n) is 7.54. The van der Waals surface area contributed by atoms with Gasteiger partial charge in [-0.15, -0.1) is 0 Å². The summed E-state index contributed by atoms with van der Waals surface area (Å²) in [4.78, 5) is 14.2. The minimum absolute atomic E-state index is 0.0669. The van der Waals surface area contributed by atoms with Gasteiger partial charge >= 0.3 is 0 Å². The van der Waals surface area contributed by atoms with Crippen LogP contribution in [-0.2, 0) is 11.3 Å². The van der Waals surface area contributed by atoms with Crippen LogP contribution in [0.15, 0.2) is 24.3 Å². The molecule has 4 nitrogen and oxygen atoms in total. The van der Waals surface area contributed by atoms with E-state index in [1.165, 1.54) is 6.07 Å². The number of nitrogens with zero attached hydrogens (tertiary/aromatic N) is 1. The second kappa shape index (κ2) is 7.52. The normalized spacial score (nSPS) is 23.0. The number of amides is 1. The average Bonchev–Trinajstić information content (AvgIpc) is 2.48. The van der Waals surface area contributed by atoms with Crippen molar-refractivity contribution in [2.24, 2.45) is 11.7 Å². The Hall–Kier alpha value is -1.46. The predicted octanol–water partition coefficient (Wildman–Crippen LogP) is 1.50. The maximum absolute atomic E-state index is 13.5. The van der Waals surface area contributed by atoms with Gasteiger partial charge in [-0.1, -0.05) is 18.2 Å². The van der Waals surface area contributed by atoms with Crippen LogP contribution in [0.3, 0.4) is 0 Å². The summed E-state index contributed by atoms with van der Waals surface area (Å²) in [7, 11) is 0. The SMILES string of the molecule is CC1CCC(CN)CN1CC(=O)NCc1ccccc1F. The fourth-order valence-electron chi connectivity index (χ4n) is 2.75. The Labute approximate surface area is 125 Å². The van der Waals surface area contributed by atoms with E-state index < -0.39 is 0 Å². The second-order valence-corrected chi connectivity index (χ2v) is 5.83. The predicted molar refractivity (Wildman–Crippen MR) is 81.1 cm³/mol. The van der Waals surface area contributed by atoms with E-state index in [9.17, 15) is 9.18 Å². The van der Waals surface area contributed by atoms with Gasteiger partial charge in [0.15, 0.2) is 0 Å². The van der Waals surface area contributed by atoms with Gasteiger partial charge in [0.1, 0.15) is 5.82 Å². The molecule has 1 amide bonds. The number of carbonyl (C=O) groups is 1. The fraction of sp³-hybridized carbons (Fsp3) is 0.562. The van der Waals surface area contributed by atoms with Crippen molar-refractivity contribution in [3.63, 3.8) is 0 Å². The Bertz CT molecular complexity index is 480. The molecule has 1 aliphatic rings. The molecule has 0 aromatic heterocycles. The molecule has 1 aromatic carbocycles. The Morgan fingerprint density at radius 1 is 1.43 bits per heavy atom. The Morgan fingerprint density at radius 3 is 2.90 bits per heavy atom. The van der Waals surface area contributed by atoms with Crippen molar-refractivity contribution >= 4 is 5.91 Å². The van der Waals surface area contributed by atoms with Crippen LogP contribution in [0.5, 0.6) is 0 Å². The summed E-state index contributed by atoms with van der Waals surface area (Å²) in [6.45, 7) is 4.25. The van der Waals surface area contributed by atoms with Crippen molar-refractivity contribution in [3.05, 3.63) is 35.6 Å². The smallest absolute Gasteiger partial charge is 0.234 e. The van der Waals surface area contributed by atoms with Gasteiger partial charge in [-0.3, -0.25) is 9.69 Å². The zero-order valence-electron chi connectivity index (χ0n) is 12.5. The Balaban J connectivity index is 1.82. The van der Waals surface area contributed by atoms with Crippen LogP contribution in [0.1, 0.15) is 25.3 Å². The van der Waals surface area contributed by atoms with E-state index in [-0.39, 0.29) is 18.3 Å². The quantitative estimate of drug-likeness (QED) is 0.865. The maximum atomic E-state index is 13.5. The van der Waals surface area contributed by atoms with Crippen LogP contribution in [-0.4, -0.2) is 36.5 Å². The van der Waals surface area contributed by atoms with Crippen LogP contribution in [0.4, 0.5) is 4.39 Å². The molecule has 1 aromatic rings. The third kappa shape index (κ3) is 4.51. The van der Waals surface area contributed by atoms with E-state index >= 15 is 0 Å². The van der Waals surface area contributed by atoms with Crippen molar-refractivity contribution in [1.29, 1.82) is 0 Å². The minimum Gasteiger partial charge on any atom is -0.351 e. The van der Waals surface area contributed by atoms with Crippen molar-refractivity contribution in [2.45, 2.75) is 32.4 Å². The number of halogens is 1. The summed E-state index contributed by atoms with van der Waals surface area (Å²) in [5, 5.41) is 2.79. The third-order valence-corrected chi connectivity index (χ3v) is 4.22. The van der Waals surface area contributed by atoms with Gasteiger partial charge in [0, 0.05) is 24.7 Å². The molecule has 1 heterocycles. The number of likely N-dealkylation sites (tertiary alicyclic amines) is 1. The van der Waals surface area contributed by atoms with Gasteiger partial charge in [0.2, 0.25) is 5.91 Å². The highest BCUT2D eigenvalue weighted by Crippen LogP contribution is 2.20. The lowest BCUT2D eigenvalue weighted by Crippen LogP contribution is -2.48. The summed E-state index contributed by atoms with van der Waals surface area (Å²) < 4.78 is 13.5. The molecule has 5 heteroatoms. The number of hydrogen-bond donors (Lipinski definition) is 2.